The Balaban J connectivity index is 2.22. The molecule has 0 aliphatic heterocycles. The van der Waals surface area contributed by atoms with E-state index in [2.05, 4.69) is 43.6 Å². The fourth-order valence-corrected chi connectivity index (χ4v) is 2.46. The summed E-state index contributed by atoms with van der Waals surface area (Å²) in [7, 11) is 0. The molecule has 0 bridgehead atoms. The molecular formula is C13H20N2S. The van der Waals surface area contributed by atoms with Gasteiger partial charge in [-0.3, -0.25) is 0 Å². The molecule has 1 N–H and O–H groups in total. The number of rotatable bonds is 6. The summed E-state index contributed by atoms with van der Waals surface area (Å²) in [5.41, 5.74) is 1.38. The third kappa shape index (κ3) is 3.96. The molecule has 1 heterocycles. The third-order valence-corrected chi connectivity index (χ3v) is 3.91. The summed E-state index contributed by atoms with van der Waals surface area (Å²) in [6, 6.07) is 4.51. The zero-order chi connectivity index (χ0) is 12.0. The number of nitrogens with one attached hydrogen (secondary N) is 1. The average Bonchev–Trinajstić information content (AvgIpc) is 2.64. The van der Waals surface area contributed by atoms with Crippen LogP contribution in [0.25, 0.3) is 0 Å². The number of aryl methyl sites for hydroxylation is 1. The summed E-state index contributed by atoms with van der Waals surface area (Å²) in [5.74, 6) is 0.561. The predicted molar refractivity (Wildman–Crippen MR) is 69.6 cm³/mol. The van der Waals surface area contributed by atoms with Crippen molar-refractivity contribution in [3.8, 4) is 6.07 Å². The normalized spacial score (nSPS) is 12.7. The van der Waals surface area contributed by atoms with E-state index in [0.717, 1.165) is 19.5 Å². The summed E-state index contributed by atoms with van der Waals surface area (Å²) in [4.78, 5) is 1.45. The summed E-state index contributed by atoms with van der Waals surface area (Å²) in [5, 5.41) is 14.4. The first-order valence-electron chi connectivity index (χ1n) is 5.78. The lowest BCUT2D eigenvalue weighted by Crippen LogP contribution is -2.26. The molecule has 0 aromatic carbocycles. The molecule has 1 rings (SSSR count). The first kappa shape index (κ1) is 13.2. The van der Waals surface area contributed by atoms with Crippen LogP contribution < -0.4 is 5.32 Å². The Hall–Kier alpha value is -0.850. The quantitative estimate of drug-likeness (QED) is 0.771. The van der Waals surface area contributed by atoms with E-state index in [1.165, 1.54) is 10.4 Å². The van der Waals surface area contributed by atoms with E-state index in [-0.39, 0.29) is 5.92 Å². The number of nitrogens with zero attached hydrogens (tertiary/aromatic N) is 1. The van der Waals surface area contributed by atoms with Crippen molar-refractivity contribution < 1.29 is 0 Å². The first-order valence-corrected chi connectivity index (χ1v) is 6.66. The monoisotopic (exact) mass is 236 g/mol. The summed E-state index contributed by atoms with van der Waals surface area (Å²) < 4.78 is 0. The van der Waals surface area contributed by atoms with E-state index in [0.29, 0.717) is 5.92 Å². The lowest BCUT2D eigenvalue weighted by atomic mass is 9.97. The Bertz CT molecular complexity index is 349. The van der Waals surface area contributed by atoms with Crippen molar-refractivity contribution in [3.05, 3.63) is 21.9 Å². The van der Waals surface area contributed by atoms with Gasteiger partial charge in [-0.15, -0.1) is 11.3 Å². The second-order valence-corrected chi connectivity index (χ2v) is 5.46. The van der Waals surface area contributed by atoms with Gasteiger partial charge in [0.2, 0.25) is 0 Å². The molecule has 0 spiro atoms. The van der Waals surface area contributed by atoms with Crippen LogP contribution in [0.15, 0.2) is 11.4 Å². The summed E-state index contributed by atoms with van der Waals surface area (Å²) in [6.45, 7) is 8.11. The Labute approximate surface area is 102 Å². The van der Waals surface area contributed by atoms with Gasteiger partial charge < -0.3 is 5.32 Å². The average molecular weight is 236 g/mol. The molecule has 1 atom stereocenters. The maximum absolute atomic E-state index is 8.94. The predicted octanol–water partition coefficient (Wildman–Crippen LogP) is 2.98. The van der Waals surface area contributed by atoms with Crippen molar-refractivity contribution in [1.29, 1.82) is 5.26 Å². The molecule has 0 amide bonds. The van der Waals surface area contributed by atoms with Gasteiger partial charge in [0.05, 0.1) is 12.0 Å². The van der Waals surface area contributed by atoms with Gasteiger partial charge in [0, 0.05) is 18.0 Å². The summed E-state index contributed by atoms with van der Waals surface area (Å²) in [6.07, 6.45) is 1.07. The van der Waals surface area contributed by atoms with Gasteiger partial charge in [0.25, 0.3) is 0 Å². The van der Waals surface area contributed by atoms with Crippen LogP contribution >= 0.6 is 11.3 Å². The van der Waals surface area contributed by atoms with E-state index >= 15 is 0 Å². The SMILES string of the molecule is Cc1ccsc1CCNCC(C#N)C(C)C. The highest BCUT2D eigenvalue weighted by atomic mass is 32.1. The van der Waals surface area contributed by atoms with Gasteiger partial charge in [-0.05, 0) is 36.3 Å². The molecule has 0 saturated carbocycles. The lowest BCUT2D eigenvalue weighted by molar-refractivity contribution is 0.444. The Morgan fingerprint density at radius 2 is 2.25 bits per heavy atom. The lowest BCUT2D eigenvalue weighted by Gasteiger charge is -2.13. The molecule has 0 aliphatic carbocycles. The molecule has 1 aromatic heterocycles. The van der Waals surface area contributed by atoms with Crippen molar-refractivity contribution in [2.24, 2.45) is 11.8 Å². The van der Waals surface area contributed by atoms with Gasteiger partial charge in [0.1, 0.15) is 0 Å². The van der Waals surface area contributed by atoms with Gasteiger partial charge in [0.15, 0.2) is 0 Å². The minimum atomic E-state index is 0.129. The fourth-order valence-electron chi connectivity index (χ4n) is 1.55. The van der Waals surface area contributed by atoms with Gasteiger partial charge in [-0.25, -0.2) is 0 Å². The standard InChI is InChI=1S/C13H20N2S/c1-10(2)12(8-14)9-15-6-4-13-11(3)5-7-16-13/h5,7,10,12,15H,4,6,9H2,1-3H3. The van der Waals surface area contributed by atoms with Crippen LogP contribution in [0.3, 0.4) is 0 Å². The molecule has 1 aromatic rings. The largest absolute Gasteiger partial charge is 0.315 e. The minimum absolute atomic E-state index is 0.129. The number of hydrogen-bond acceptors (Lipinski definition) is 3. The molecule has 0 fully saturated rings. The Morgan fingerprint density at radius 3 is 2.75 bits per heavy atom. The van der Waals surface area contributed by atoms with E-state index in [9.17, 15) is 0 Å². The maximum atomic E-state index is 8.94. The fraction of sp³-hybridized carbons (Fsp3) is 0.615. The van der Waals surface area contributed by atoms with Gasteiger partial charge >= 0.3 is 0 Å². The molecule has 0 radical (unpaired) electrons. The smallest absolute Gasteiger partial charge is 0.0671 e. The second-order valence-electron chi connectivity index (χ2n) is 4.46. The first-order chi connectivity index (χ1) is 7.65. The van der Waals surface area contributed by atoms with Crippen LogP contribution in [-0.2, 0) is 6.42 Å². The molecular weight excluding hydrogens is 216 g/mol. The maximum Gasteiger partial charge on any atom is 0.0671 e. The zero-order valence-corrected chi connectivity index (χ0v) is 11.1. The molecule has 3 heteroatoms. The molecule has 16 heavy (non-hydrogen) atoms. The van der Waals surface area contributed by atoms with E-state index < -0.39 is 0 Å². The van der Waals surface area contributed by atoms with Crippen molar-refractivity contribution in [1.82, 2.24) is 5.32 Å². The van der Waals surface area contributed by atoms with Crippen LogP contribution in [0.2, 0.25) is 0 Å². The highest BCUT2D eigenvalue weighted by Gasteiger charge is 2.11. The van der Waals surface area contributed by atoms with Crippen LogP contribution in [0, 0.1) is 30.1 Å². The van der Waals surface area contributed by atoms with Crippen LogP contribution in [0.5, 0.6) is 0 Å². The van der Waals surface area contributed by atoms with Crippen molar-refractivity contribution in [2.75, 3.05) is 13.1 Å². The van der Waals surface area contributed by atoms with Crippen LogP contribution in [-0.4, -0.2) is 13.1 Å². The highest BCUT2D eigenvalue weighted by molar-refractivity contribution is 7.10. The van der Waals surface area contributed by atoms with E-state index in [1.807, 2.05) is 11.3 Å². The van der Waals surface area contributed by atoms with Crippen LogP contribution in [0.4, 0.5) is 0 Å². The Kier molecular flexibility index (Phi) is 5.51. The van der Waals surface area contributed by atoms with E-state index in [1.54, 1.807) is 0 Å². The number of hydrogen-bond donors (Lipinski definition) is 1. The second kappa shape index (κ2) is 6.67. The van der Waals surface area contributed by atoms with Crippen LogP contribution in [0.1, 0.15) is 24.3 Å². The Morgan fingerprint density at radius 1 is 1.50 bits per heavy atom. The number of nitriles is 1. The molecule has 1 unspecified atom stereocenters. The third-order valence-electron chi connectivity index (χ3n) is 2.83. The highest BCUT2D eigenvalue weighted by Crippen LogP contribution is 2.15. The molecule has 0 saturated heterocycles. The molecule has 88 valence electrons. The van der Waals surface area contributed by atoms with E-state index in [4.69, 9.17) is 5.26 Å². The molecule has 0 aliphatic rings. The topological polar surface area (TPSA) is 35.8 Å². The number of thiophene rings is 1. The zero-order valence-electron chi connectivity index (χ0n) is 10.3. The van der Waals surface area contributed by atoms with Crippen molar-refractivity contribution >= 4 is 11.3 Å². The van der Waals surface area contributed by atoms with Gasteiger partial charge in [-0.1, -0.05) is 13.8 Å². The minimum Gasteiger partial charge on any atom is -0.315 e. The van der Waals surface area contributed by atoms with Crippen molar-refractivity contribution in [3.63, 3.8) is 0 Å². The van der Waals surface area contributed by atoms with Gasteiger partial charge in [-0.2, -0.15) is 5.26 Å². The molecule has 2 nitrogen and oxygen atoms in total. The van der Waals surface area contributed by atoms with Crippen molar-refractivity contribution in [2.45, 2.75) is 27.2 Å². The summed E-state index contributed by atoms with van der Waals surface area (Å²) >= 11 is 1.82.